The van der Waals surface area contributed by atoms with Gasteiger partial charge in [-0.15, -0.1) is 6.42 Å². The molecule has 12 nitrogen and oxygen atoms in total. The van der Waals surface area contributed by atoms with Gasteiger partial charge < -0.3 is 18.9 Å². The molecular formula is C52H53F2N6O6P. The number of carbonyl (C=O) groups is 1. The topological polar surface area (TPSA) is 112 Å². The molecule has 4 aromatic carbocycles. The lowest BCUT2D eigenvalue weighted by Gasteiger charge is -2.42. The number of hydrogen-bond acceptors (Lipinski definition) is 11. The molecule has 4 saturated heterocycles. The summed E-state index contributed by atoms with van der Waals surface area (Å²) in [6.07, 6.45) is 12.9. The minimum Gasteiger partial charge on any atom is -0.461 e. The molecule has 2 bridgehead atoms. The van der Waals surface area contributed by atoms with Crippen LogP contribution in [0.4, 0.5) is 19.4 Å². The number of pyridine rings is 1. The second-order valence-electron chi connectivity index (χ2n) is 18.9. The summed E-state index contributed by atoms with van der Waals surface area (Å²) in [5, 5.41) is 1.14. The number of terminal acetylenes is 1. The van der Waals surface area contributed by atoms with E-state index in [1.54, 1.807) is 24.4 Å². The first-order chi connectivity index (χ1) is 32.4. The van der Waals surface area contributed by atoms with E-state index in [-0.39, 0.29) is 76.4 Å². The fraction of sp³-hybridized carbons (Fsp3) is 0.385. The highest BCUT2D eigenvalue weighted by Gasteiger charge is 2.47. The zero-order valence-electron chi connectivity index (χ0n) is 37.9. The van der Waals surface area contributed by atoms with Crippen molar-refractivity contribution in [2.24, 2.45) is 0 Å². The molecule has 0 spiro atoms. The summed E-state index contributed by atoms with van der Waals surface area (Å²) in [6, 6.07) is 25.2. The highest BCUT2D eigenvalue weighted by molar-refractivity contribution is 7.42. The quantitative estimate of drug-likeness (QED) is 0.0815. The van der Waals surface area contributed by atoms with Gasteiger partial charge in [-0.25, -0.2) is 13.6 Å². The van der Waals surface area contributed by atoms with Crippen molar-refractivity contribution in [2.45, 2.75) is 95.7 Å². The van der Waals surface area contributed by atoms with Crippen LogP contribution in [0.3, 0.4) is 0 Å². The van der Waals surface area contributed by atoms with Crippen molar-refractivity contribution in [2.75, 3.05) is 37.7 Å². The summed E-state index contributed by atoms with van der Waals surface area (Å²) in [5.74, 6) is 1.82. The average Bonchev–Trinajstić information content (AvgIpc) is 3.99. The molecular weight excluding hydrogens is 874 g/mol. The Kier molecular flexibility index (Phi) is 12.5. The van der Waals surface area contributed by atoms with Crippen LogP contribution in [0.2, 0.25) is 0 Å². The van der Waals surface area contributed by atoms with Gasteiger partial charge in [-0.05, 0) is 107 Å². The third kappa shape index (κ3) is 9.23. The van der Waals surface area contributed by atoms with E-state index in [9.17, 15) is 4.79 Å². The van der Waals surface area contributed by atoms with Crippen LogP contribution in [0.15, 0.2) is 91.1 Å². The van der Waals surface area contributed by atoms with Gasteiger partial charge >= 0.3 is 20.7 Å². The number of anilines is 1. The lowest BCUT2D eigenvalue weighted by Crippen LogP contribution is -2.57. The fourth-order valence-electron chi connectivity index (χ4n) is 10.2. The van der Waals surface area contributed by atoms with Crippen LogP contribution in [-0.2, 0) is 27.0 Å². The van der Waals surface area contributed by atoms with E-state index >= 15 is 8.78 Å². The summed E-state index contributed by atoms with van der Waals surface area (Å²) in [7, 11) is -2.03. The van der Waals surface area contributed by atoms with Crippen LogP contribution in [0.5, 0.6) is 11.8 Å². The lowest BCUT2D eigenvalue weighted by molar-refractivity contribution is 0.0122. The van der Waals surface area contributed by atoms with Crippen LogP contribution < -0.4 is 14.2 Å². The van der Waals surface area contributed by atoms with Gasteiger partial charge in [0.15, 0.2) is 5.82 Å². The minimum absolute atomic E-state index is 0.0168. The van der Waals surface area contributed by atoms with Gasteiger partial charge in [-0.2, -0.15) is 9.97 Å². The minimum atomic E-state index is -2.03. The van der Waals surface area contributed by atoms with E-state index in [0.29, 0.717) is 36.3 Å². The Bertz CT molecular complexity index is 2780. The summed E-state index contributed by atoms with van der Waals surface area (Å²) in [6.45, 7) is 9.28. The molecule has 0 saturated carbocycles. The number of carbonyl (C=O) groups excluding carboxylic acids is 1. The van der Waals surface area contributed by atoms with Crippen LogP contribution in [0.25, 0.3) is 32.9 Å². The van der Waals surface area contributed by atoms with Gasteiger partial charge in [0.1, 0.15) is 40.8 Å². The molecule has 4 aliphatic rings. The number of benzene rings is 4. The molecule has 0 N–H and O–H groups in total. The average molecular weight is 927 g/mol. The molecule has 2 aromatic heterocycles. The van der Waals surface area contributed by atoms with Crippen molar-refractivity contribution in [3.63, 3.8) is 0 Å². The first-order valence-corrected chi connectivity index (χ1v) is 24.1. The van der Waals surface area contributed by atoms with Crippen LogP contribution in [-0.4, -0.2) is 86.9 Å². The highest BCUT2D eigenvalue weighted by atomic mass is 31.2. The van der Waals surface area contributed by atoms with Gasteiger partial charge in [-0.3, -0.25) is 23.8 Å². The summed E-state index contributed by atoms with van der Waals surface area (Å²) >= 11 is 0. The Balaban J connectivity index is 1.05. The van der Waals surface area contributed by atoms with Gasteiger partial charge in [0.2, 0.25) is 0 Å². The molecule has 10 rings (SSSR count). The molecule has 6 heterocycles. The smallest absolute Gasteiger partial charge is 0.410 e. The van der Waals surface area contributed by atoms with Crippen molar-refractivity contribution in [1.29, 1.82) is 0 Å². The number of fused-ring (bicyclic) bond motifs is 5. The molecule has 67 heavy (non-hydrogen) atoms. The molecule has 15 heteroatoms. The molecule has 2 atom stereocenters. The predicted molar refractivity (Wildman–Crippen MR) is 253 cm³/mol. The summed E-state index contributed by atoms with van der Waals surface area (Å²) < 4.78 is 64.9. The molecule has 2 unspecified atom stereocenters. The molecule has 1 amide bonds. The van der Waals surface area contributed by atoms with E-state index in [2.05, 4.69) is 15.7 Å². The molecule has 346 valence electrons. The van der Waals surface area contributed by atoms with Crippen LogP contribution >= 0.6 is 8.60 Å². The number of halogens is 2. The van der Waals surface area contributed by atoms with Crippen molar-refractivity contribution < 1.29 is 36.6 Å². The normalized spacial score (nSPS) is 19.0. The van der Waals surface area contributed by atoms with Gasteiger partial charge in [-0.1, -0.05) is 72.7 Å². The van der Waals surface area contributed by atoms with E-state index in [0.717, 1.165) is 62.7 Å². The Hall–Kier alpha value is -5.97. The number of hydrogen-bond donors (Lipinski definition) is 0. The Morgan fingerprint density at radius 3 is 2.18 bits per heavy atom. The third-order valence-electron chi connectivity index (χ3n) is 13.3. The number of rotatable bonds is 13. The number of ether oxygens (including phenoxy) is 2. The Labute approximate surface area is 390 Å². The maximum Gasteiger partial charge on any atom is 0.410 e. The predicted octanol–water partition coefficient (Wildman–Crippen LogP) is 10.7. The Morgan fingerprint density at radius 1 is 0.896 bits per heavy atom. The van der Waals surface area contributed by atoms with Crippen molar-refractivity contribution >= 4 is 42.2 Å². The van der Waals surface area contributed by atoms with Gasteiger partial charge in [0, 0.05) is 30.2 Å². The summed E-state index contributed by atoms with van der Waals surface area (Å²) in [4.78, 5) is 34.4. The molecule has 0 radical (unpaired) electrons. The monoisotopic (exact) mass is 926 g/mol. The van der Waals surface area contributed by atoms with Gasteiger partial charge in [0.05, 0.1) is 41.8 Å². The number of aromatic nitrogens is 3. The molecule has 4 fully saturated rings. The zero-order valence-corrected chi connectivity index (χ0v) is 38.8. The number of nitrogens with zero attached hydrogens (tertiary/aromatic N) is 6. The second-order valence-corrected chi connectivity index (χ2v) is 20.0. The number of piperazine rings is 1. The largest absolute Gasteiger partial charge is 0.461 e. The number of amides is 1. The van der Waals surface area contributed by atoms with Crippen molar-refractivity contribution in [1.82, 2.24) is 24.8 Å². The maximum absolute atomic E-state index is 17.9. The van der Waals surface area contributed by atoms with Crippen molar-refractivity contribution in [3.8, 4) is 35.4 Å². The van der Waals surface area contributed by atoms with Gasteiger partial charge in [0.25, 0.3) is 0 Å². The molecule has 0 aliphatic carbocycles. The first kappa shape index (κ1) is 44.8. The van der Waals surface area contributed by atoms with E-state index < -0.39 is 25.8 Å². The SMILES string of the molecule is C#Cc1c(F)ccc2cc(OP(OCc3ccccc3)OCc3ccccc3)cc(-c3ncc4c(N5CC6CCC(C5)N6C(=O)OC(C)(C)C)nc(OCC56CCCN5CCC6)nc4c3F)c12. The summed E-state index contributed by atoms with van der Waals surface area (Å²) in [5.41, 5.74) is 1.08. The second kappa shape index (κ2) is 18.6. The third-order valence-corrected chi connectivity index (χ3v) is 14.3. The molecule has 6 aromatic rings. The van der Waals surface area contributed by atoms with E-state index in [4.69, 9.17) is 44.4 Å². The zero-order chi connectivity index (χ0) is 46.3. The van der Waals surface area contributed by atoms with Crippen LogP contribution in [0, 0.1) is 24.0 Å². The molecule has 4 aliphatic heterocycles. The first-order valence-electron chi connectivity index (χ1n) is 23.0. The fourth-order valence-corrected chi connectivity index (χ4v) is 11.2. The Morgan fingerprint density at radius 2 is 1.55 bits per heavy atom. The van der Waals surface area contributed by atoms with E-state index in [1.807, 2.05) is 86.3 Å². The standard InChI is InChI=1S/C52H53F2N6O6P/c1-5-40-43(53)21-18-36-26-39(66-67(63-31-34-14-8-6-9-15-34)64-32-35-16-10-7-11-17-35)27-41(44(36)40)46-45(54)47-42(28-55-46)48(57-49(56-47)62-33-52-22-12-24-59(52)25-13-23-52)58-29-37-19-20-38(30-58)60(37)50(61)65-51(2,3)4/h1,6-11,14-18,21,26-28,37-38H,12-13,19-20,22-25,29-33H2,2-4H3. The van der Waals surface area contributed by atoms with E-state index in [1.165, 1.54) is 6.07 Å². The van der Waals surface area contributed by atoms with Crippen molar-refractivity contribution in [3.05, 3.63) is 119 Å². The lowest BCUT2D eigenvalue weighted by atomic mass is 9.95. The maximum atomic E-state index is 17.9. The van der Waals surface area contributed by atoms with Crippen LogP contribution in [0.1, 0.15) is 76.0 Å². The highest BCUT2D eigenvalue weighted by Crippen LogP contribution is 2.47.